The van der Waals surface area contributed by atoms with Gasteiger partial charge < -0.3 is 19.7 Å². The predicted molar refractivity (Wildman–Crippen MR) is 97.9 cm³/mol. The van der Waals surface area contributed by atoms with Crippen molar-refractivity contribution in [2.24, 2.45) is 5.92 Å². The smallest absolute Gasteiger partial charge is 0.229 e. The van der Waals surface area contributed by atoms with Gasteiger partial charge in [0.15, 0.2) is 11.5 Å². The van der Waals surface area contributed by atoms with E-state index in [4.69, 9.17) is 21.1 Å². The van der Waals surface area contributed by atoms with Crippen LogP contribution in [0.15, 0.2) is 36.4 Å². The van der Waals surface area contributed by atoms with E-state index in [-0.39, 0.29) is 24.6 Å². The molecule has 1 fully saturated rings. The minimum atomic E-state index is -0.593. The van der Waals surface area contributed by atoms with Crippen LogP contribution in [0.4, 0.5) is 15.8 Å². The summed E-state index contributed by atoms with van der Waals surface area (Å²) in [5, 5.41) is 2.83. The summed E-state index contributed by atoms with van der Waals surface area (Å²) < 4.78 is 24.8. The summed E-state index contributed by atoms with van der Waals surface area (Å²) in [4.78, 5) is 26.4. The number of hydrogen-bond donors (Lipinski definition) is 1. The van der Waals surface area contributed by atoms with Gasteiger partial charge in [0.2, 0.25) is 11.8 Å². The minimum absolute atomic E-state index is 0.00210. The first kappa shape index (κ1) is 17.6. The van der Waals surface area contributed by atoms with Crippen LogP contribution in [0, 0.1) is 11.7 Å². The molecule has 0 radical (unpaired) electrons. The third-order valence-electron chi connectivity index (χ3n) is 4.52. The normalized spacial score (nSPS) is 18.5. The number of rotatable bonds is 3. The summed E-state index contributed by atoms with van der Waals surface area (Å²) >= 11 is 5.84. The molecule has 2 aromatic rings. The number of benzene rings is 2. The molecule has 6 nitrogen and oxygen atoms in total. The highest BCUT2D eigenvalue weighted by molar-refractivity contribution is 6.30. The molecule has 2 amide bonds. The zero-order valence-electron chi connectivity index (χ0n) is 14.2. The Morgan fingerprint density at radius 3 is 2.74 bits per heavy atom. The minimum Gasteiger partial charge on any atom is -0.486 e. The Morgan fingerprint density at radius 1 is 1.15 bits per heavy atom. The number of fused-ring (bicyclic) bond motifs is 1. The Balaban J connectivity index is 1.49. The molecule has 2 aliphatic heterocycles. The van der Waals surface area contributed by atoms with Gasteiger partial charge in [-0.05, 0) is 30.3 Å². The van der Waals surface area contributed by atoms with Gasteiger partial charge in [0.25, 0.3) is 0 Å². The number of hydrogen-bond acceptors (Lipinski definition) is 4. The molecule has 140 valence electrons. The van der Waals surface area contributed by atoms with E-state index in [9.17, 15) is 14.0 Å². The van der Waals surface area contributed by atoms with Crippen molar-refractivity contribution in [1.29, 1.82) is 0 Å². The van der Waals surface area contributed by atoms with Crippen LogP contribution < -0.4 is 19.7 Å². The number of carbonyl (C=O) groups is 2. The molecular weight excluding hydrogens is 375 g/mol. The quantitative estimate of drug-likeness (QED) is 0.873. The second-order valence-electron chi connectivity index (χ2n) is 6.35. The van der Waals surface area contributed by atoms with E-state index in [0.29, 0.717) is 35.4 Å². The Labute approximate surface area is 159 Å². The van der Waals surface area contributed by atoms with Crippen LogP contribution in [-0.2, 0) is 9.59 Å². The largest absolute Gasteiger partial charge is 0.486 e. The van der Waals surface area contributed by atoms with Gasteiger partial charge in [0.1, 0.15) is 19.0 Å². The maximum absolute atomic E-state index is 13.8. The molecule has 8 heteroatoms. The summed E-state index contributed by atoms with van der Waals surface area (Å²) in [6.07, 6.45) is 0.0441. The van der Waals surface area contributed by atoms with Gasteiger partial charge in [0.05, 0.1) is 11.6 Å². The molecular formula is C19H16ClFN2O4. The Kier molecular flexibility index (Phi) is 4.61. The van der Waals surface area contributed by atoms with Crippen LogP contribution in [0.3, 0.4) is 0 Å². The van der Waals surface area contributed by atoms with Gasteiger partial charge in [-0.3, -0.25) is 9.59 Å². The lowest BCUT2D eigenvalue weighted by molar-refractivity contribution is -0.122. The van der Waals surface area contributed by atoms with Gasteiger partial charge in [0, 0.05) is 29.7 Å². The van der Waals surface area contributed by atoms with Crippen molar-refractivity contribution >= 4 is 34.8 Å². The van der Waals surface area contributed by atoms with E-state index in [0.717, 1.165) is 0 Å². The van der Waals surface area contributed by atoms with Crippen molar-refractivity contribution in [2.45, 2.75) is 6.42 Å². The second-order valence-corrected chi connectivity index (χ2v) is 6.78. The molecule has 2 heterocycles. The van der Waals surface area contributed by atoms with Crippen LogP contribution in [0.2, 0.25) is 5.02 Å². The van der Waals surface area contributed by atoms with Crippen molar-refractivity contribution in [1.82, 2.24) is 0 Å². The Hall–Kier alpha value is -2.80. The monoisotopic (exact) mass is 390 g/mol. The lowest BCUT2D eigenvalue weighted by atomic mass is 10.1. The number of ether oxygens (including phenoxy) is 2. The fourth-order valence-corrected chi connectivity index (χ4v) is 3.33. The molecule has 0 saturated carbocycles. The van der Waals surface area contributed by atoms with Crippen molar-refractivity contribution in [3.8, 4) is 11.5 Å². The van der Waals surface area contributed by atoms with Crippen molar-refractivity contribution in [2.75, 3.05) is 30.0 Å². The summed E-state index contributed by atoms with van der Waals surface area (Å²) in [5.41, 5.74) is 0.631. The summed E-state index contributed by atoms with van der Waals surface area (Å²) in [7, 11) is 0. The van der Waals surface area contributed by atoms with Crippen LogP contribution in [0.25, 0.3) is 0 Å². The maximum atomic E-state index is 13.8. The van der Waals surface area contributed by atoms with E-state index in [1.54, 1.807) is 18.2 Å². The first-order chi connectivity index (χ1) is 13.0. The number of carbonyl (C=O) groups excluding carboxylic acids is 2. The van der Waals surface area contributed by atoms with E-state index in [1.807, 2.05) is 0 Å². The number of halogens is 2. The van der Waals surface area contributed by atoms with Crippen LogP contribution in [0.1, 0.15) is 6.42 Å². The first-order valence-electron chi connectivity index (χ1n) is 8.47. The fraction of sp³-hybridized carbons (Fsp3) is 0.263. The lowest BCUT2D eigenvalue weighted by Gasteiger charge is -2.22. The molecule has 1 unspecified atom stereocenters. The van der Waals surface area contributed by atoms with Crippen molar-refractivity contribution in [3.05, 3.63) is 47.2 Å². The molecule has 2 aromatic carbocycles. The van der Waals surface area contributed by atoms with Crippen LogP contribution in [0.5, 0.6) is 11.5 Å². The average Bonchev–Trinajstić information content (AvgIpc) is 3.06. The topological polar surface area (TPSA) is 67.9 Å². The van der Waals surface area contributed by atoms with Crippen LogP contribution >= 0.6 is 11.6 Å². The zero-order valence-corrected chi connectivity index (χ0v) is 15.0. The lowest BCUT2D eigenvalue weighted by Crippen LogP contribution is -2.28. The van der Waals surface area contributed by atoms with Crippen molar-refractivity contribution in [3.63, 3.8) is 0 Å². The van der Waals surface area contributed by atoms with E-state index in [2.05, 4.69) is 5.32 Å². The molecule has 0 aromatic heterocycles. The number of nitrogens with zero attached hydrogens (tertiary/aromatic N) is 1. The van der Waals surface area contributed by atoms with Gasteiger partial charge in [-0.25, -0.2) is 4.39 Å². The van der Waals surface area contributed by atoms with Gasteiger partial charge >= 0.3 is 0 Å². The van der Waals surface area contributed by atoms with E-state index < -0.39 is 17.6 Å². The van der Waals surface area contributed by atoms with Gasteiger partial charge in [-0.15, -0.1) is 0 Å². The molecule has 1 atom stereocenters. The highest BCUT2D eigenvalue weighted by Gasteiger charge is 2.36. The van der Waals surface area contributed by atoms with Gasteiger partial charge in [-0.1, -0.05) is 11.6 Å². The van der Waals surface area contributed by atoms with Crippen molar-refractivity contribution < 1.29 is 23.5 Å². The fourth-order valence-electron chi connectivity index (χ4n) is 3.16. The standard InChI is InChI=1S/C19H16ClFN2O4/c20-12-1-3-14(21)15(8-12)22-19(25)11-7-18(24)23(10-11)13-2-4-16-17(9-13)27-6-5-26-16/h1-4,8-9,11H,5-7,10H2,(H,22,25). The highest BCUT2D eigenvalue weighted by Crippen LogP contribution is 2.36. The number of nitrogens with one attached hydrogen (secondary N) is 1. The summed E-state index contributed by atoms with van der Waals surface area (Å²) in [5.74, 6) is -0.587. The average molecular weight is 391 g/mol. The SMILES string of the molecule is O=C(Nc1cc(Cl)ccc1F)C1CC(=O)N(c2ccc3c(c2)OCCO3)C1. The van der Waals surface area contributed by atoms with E-state index in [1.165, 1.54) is 23.1 Å². The molecule has 0 spiro atoms. The molecule has 1 N–H and O–H groups in total. The zero-order chi connectivity index (χ0) is 19.0. The summed E-state index contributed by atoms with van der Waals surface area (Å²) in [6.45, 7) is 1.13. The number of anilines is 2. The maximum Gasteiger partial charge on any atom is 0.229 e. The Morgan fingerprint density at radius 2 is 1.93 bits per heavy atom. The molecule has 0 bridgehead atoms. The molecule has 27 heavy (non-hydrogen) atoms. The summed E-state index contributed by atoms with van der Waals surface area (Å²) in [6, 6.07) is 9.14. The van der Waals surface area contributed by atoms with Crippen LogP contribution in [-0.4, -0.2) is 31.6 Å². The van der Waals surface area contributed by atoms with Gasteiger partial charge in [-0.2, -0.15) is 0 Å². The Bertz CT molecular complexity index is 921. The third kappa shape index (κ3) is 3.55. The van der Waals surface area contributed by atoms with E-state index >= 15 is 0 Å². The first-order valence-corrected chi connectivity index (χ1v) is 8.85. The second kappa shape index (κ2) is 7.08. The molecule has 4 rings (SSSR count). The molecule has 0 aliphatic carbocycles. The number of amides is 2. The predicted octanol–water partition coefficient (Wildman–Crippen LogP) is 3.24. The molecule has 1 saturated heterocycles. The third-order valence-corrected chi connectivity index (χ3v) is 4.75. The molecule has 2 aliphatic rings. The highest BCUT2D eigenvalue weighted by atomic mass is 35.5.